The smallest absolute Gasteiger partial charge is 0.220 e. The molecule has 17 heavy (non-hydrogen) atoms. The molecule has 0 saturated heterocycles. The number of hydrogen-bond acceptors (Lipinski definition) is 1. The lowest BCUT2D eigenvalue weighted by atomic mass is 10.1. The number of aromatic nitrogens is 1. The van der Waals surface area contributed by atoms with Gasteiger partial charge in [-0.3, -0.25) is 0 Å². The van der Waals surface area contributed by atoms with Gasteiger partial charge < -0.3 is 0 Å². The summed E-state index contributed by atoms with van der Waals surface area (Å²) in [5.41, 5.74) is 0.291. The monoisotopic (exact) mass is 293 g/mol. The van der Waals surface area contributed by atoms with Gasteiger partial charge in [0.1, 0.15) is 5.82 Å². The fraction of sp³-hybridized carbons (Fsp3) is 0. The zero-order valence-corrected chi connectivity index (χ0v) is 10.4. The van der Waals surface area contributed by atoms with Crippen molar-refractivity contribution in [2.45, 2.75) is 0 Å². The zero-order chi connectivity index (χ0) is 12.6. The quantitative estimate of drug-likeness (QED) is 0.533. The molecule has 0 aliphatic carbocycles. The van der Waals surface area contributed by atoms with E-state index >= 15 is 0 Å². The van der Waals surface area contributed by atoms with Crippen LogP contribution in [0.15, 0.2) is 24.4 Å². The zero-order valence-electron chi connectivity index (χ0n) is 8.15. The number of rotatable bonds is 1. The van der Waals surface area contributed by atoms with E-state index in [2.05, 4.69) is 4.98 Å². The van der Waals surface area contributed by atoms with Crippen LogP contribution in [0, 0.1) is 11.8 Å². The Bertz CT molecular complexity index is 564. The van der Waals surface area contributed by atoms with Gasteiger partial charge >= 0.3 is 0 Å². The lowest BCUT2D eigenvalue weighted by Gasteiger charge is -2.06. The highest BCUT2D eigenvalue weighted by molar-refractivity contribution is 6.48. The summed E-state index contributed by atoms with van der Waals surface area (Å²) in [7, 11) is 0. The molecule has 0 N–H and O–H groups in total. The Morgan fingerprint density at radius 2 is 1.53 bits per heavy atom. The molecule has 0 radical (unpaired) electrons. The predicted octanol–water partition coefficient (Wildman–Crippen LogP) is 4.99. The van der Waals surface area contributed by atoms with Crippen LogP contribution in [0.4, 0.5) is 8.78 Å². The predicted molar refractivity (Wildman–Crippen MR) is 64.6 cm³/mol. The Hall–Kier alpha value is -0.900. The summed E-state index contributed by atoms with van der Waals surface area (Å²) >= 11 is 17.4. The van der Waals surface area contributed by atoms with E-state index in [0.717, 1.165) is 12.3 Å². The minimum Gasteiger partial charge on any atom is -0.225 e. The van der Waals surface area contributed by atoms with Crippen molar-refractivity contribution in [3.8, 4) is 11.1 Å². The lowest BCUT2D eigenvalue weighted by Crippen LogP contribution is -1.91. The lowest BCUT2D eigenvalue weighted by molar-refractivity contribution is 0.563. The molecule has 1 aromatic carbocycles. The molecule has 6 heteroatoms. The Balaban J connectivity index is 2.64. The van der Waals surface area contributed by atoms with Gasteiger partial charge in [-0.05, 0) is 23.8 Å². The molecule has 1 heterocycles. The fourth-order valence-electron chi connectivity index (χ4n) is 1.34. The molecule has 0 fully saturated rings. The van der Waals surface area contributed by atoms with Gasteiger partial charge in [0.2, 0.25) is 5.95 Å². The van der Waals surface area contributed by atoms with Crippen molar-refractivity contribution in [3.05, 3.63) is 51.2 Å². The average Bonchev–Trinajstić information content (AvgIpc) is 2.28. The highest BCUT2D eigenvalue weighted by Gasteiger charge is 2.12. The standard InChI is InChI=1S/C11H4Cl3F2N/c12-8-1-5(2-9(13)10(8)14)7-3-6(15)4-17-11(7)16/h1-4H. The van der Waals surface area contributed by atoms with Gasteiger partial charge in [0, 0.05) is 5.56 Å². The number of benzene rings is 1. The highest BCUT2D eigenvalue weighted by atomic mass is 35.5. The molecule has 0 bridgehead atoms. The van der Waals surface area contributed by atoms with Crippen molar-refractivity contribution in [1.82, 2.24) is 4.98 Å². The molecule has 88 valence electrons. The van der Waals surface area contributed by atoms with Crippen LogP contribution in [0.25, 0.3) is 11.1 Å². The van der Waals surface area contributed by atoms with Gasteiger partial charge in [0.25, 0.3) is 0 Å². The summed E-state index contributed by atoms with van der Waals surface area (Å²) in [4.78, 5) is 3.28. The largest absolute Gasteiger partial charge is 0.225 e. The third kappa shape index (κ3) is 2.51. The number of hydrogen-bond donors (Lipinski definition) is 0. The van der Waals surface area contributed by atoms with Crippen molar-refractivity contribution in [1.29, 1.82) is 0 Å². The van der Waals surface area contributed by atoms with Gasteiger partial charge in [-0.25, -0.2) is 9.37 Å². The maximum Gasteiger partial charge on any atom is 0.220 e. The normalized spacial score (nSPS) is 10.6. The Labute approximate surface area is 111 Å². The number of nitrogens with zero attached hydrogens (tertiary/aromatic N) is 1. The summed E-state index contributed by atoms with van der Waals surface area (Å²) in [5, 5.41) is 0.498. The Kier molecular flexibility index (Phi) is 3.52. The topological polar surface area (TPSA) is 12.9 Å². The van der Waals surface area contributed by atoms with Crippen molar-refractivity contribution in [2.75, 3.05) is 0 Å². The van der Waals surface area contributed by atoms with Crippen LogP contribution in [-0.4, -0.2) is 4.98 Å². The van der Waals surface area contributed by atoms with Crippen molar-refractivity contribution < 1.29 is 8.78 Å². The Morgan fingerprint density at radius 1 is 0.941 bits per heavy atom. The van der Waals surface area contributed by atoms with E-state index in [1.165, 1.54) is 12.1 Å². The molecule has 0 atom stereocenters. The second-order valence-electron chi connectivity index (χ2n) is 3.25. The van der Waals surface area contributed by atoms with E-state index in [-0.39, 0.29) is 20.6 Å². The van der Waals surface area contributed by atoms with Gasteiger partial charge in [-0.1, -0.05) is 34.8 Å². The molecule has 1 nitrogen and oxygen atoms in total. The summed E-state index contributed by atoms with van der Waals surface area (Å²) in [6.45, 7) is 0. The maximum absolute atomic E-state index is 13.4. The first-order valence-electron chi connectivity index (χ1n) is 4.45. The average molecular weight is 295 g/mol. The van der Waals surface area contributed by atoms with Crippen molar-refractivity contribution in [3.63, 3.8) is 0 Å². The minimum atomic E-state index is -0.805. The van der Waals surface area contributed by atoms with E-state index in [4.69, 9.17) is 34.8 Å². The Morgan fingerprint density at radius 3 is 2.12 bits per heavy atom. The van der Waals surface area contributed by atoms with Gasteiger partial charge in [0.15, 0.2) is 0 Å². The fourth-order valence-corrected chi connectivity index (χ4v) is 1.93. The summed E-state index contributed by atoms with van der Waals surface area (Å²) < 4.78 is 26.4. The second kappa shape index (κ2) is 4.77. The molecule has 2 aromatic rings. The molecule has 0 amide bonds. The first-order chi connectivity index (χ1) is 7.99. The SMILES string of the molecule is Fc1cnc(F)c(-c2cc(Cl)c(Cl)c(Cl)c2)c1. The van der Waals surface area contributed by atoms with Crippen molar-refractivity contribution in [2.24, 2.45) is 0 Å². The van der Waals surface area contributed by atoms with Crippen LogP contribution >= 0.6 is 34.8 Å². The van der Waals surface area contributed by atoms with Gasteiger partial charge in [0.05, 0.1) is 21.3 Å². The van der Waals surface area contributed by atoms with Crippen LogP contribution in [-0.2, 0) is 0 Å². The summed E-state index contributed by atoms with van der Waals surface area (Å²) in [5.74, 6) is -1.45. The van der Waals surface area contributed by atoms with Crippen molar-refractivity contribution >= 4 is 34.8 Å². The molecule has 0 aliphatic heterocycles. The molecular formula is C11H4Cl3F2N. The van der Waals surface area contributed by atoms with Crippen LogP contribution < -0.4 is 0 Å². The first kappa shape index (κ1) is 12.6. The van der Waals surface area contributed by atoms with E-state index in [0.29, 0.717) is 5.56 Å². The van der Waals surface area contributed by atoms with E-state index in [1.807, 2.05) is 0 Å². The summed E-state index contributed by atoms with van der Waals surface area (Å²) in [6.07, 6.45) is 0.790. The van der Waals surface area contributed by atoms with Crippen LogP contribution in [0.3, 0.4) is 0 Å². The first-order valence-corrected chi connectivity index (χ1v) is 5.58. The van der Waals surface area contributed by atoms with Crippen LogP contribution in [0.2, 0.25) is 15.1 Å². The third-order valence-corrected chi connectivity index (χ3v) is 3.30. The van der Waals surface area contributed by atoms with Gasteiger partial charge in [-0.15, -0.1) is 0 Å². The second-order valence-corrected chi connectivity index (χ2v) is 4.44. The van der Waals surface area contributed by atoms with Gasteiger partial charge in [-0.2, -0.15) is 4.39 Å². The van der Waals surface area contributed by atoms with Crippen LogP contribution in [0.1, 0.15) is 0 Å². The van der Waals surface area contributed by atoms with E-state index < -0.39 is 11.8 Å². The number of halogens is 5. The van der Waals surface area contributed by atoms with Crippen LogP contribution in [0.5, 0.6) is 0 Å². The molecule has 0 spiro atoms. The summed E-state index contributed by atoms with van der Waals surface area (Å²) in [6, 6.07) is 3.81. The van der Waals surface area contributed by atoms with E-state index in [1.54, 1.807) is 0 Å². The molecular weight excluding hydrogens is 290 g/mol. The molecule has 0 saturated carbocycles. The maximum atomic E-state index is 13.4. The van der Waals surface area contributed by atoms with E-state index in [9.17, 15) is 8.78 Å². The minimum absolute atomic E-state index is 0.0227. The molecule has 0 unspecified atom stereocenters. The molecule has 1 aromatic heterocycles. The third-order valence-electron chi connectivity index (χ3n) is 2.10. The highest BCUT2D eigenvalue weighted by Crippen LogP contribution is 2.35. The number of pyridine rings is 1. The molecule has 2 rings (SSSR count). The molecule has 0 aliphatic rings.